The van der Waals surface area contributed by atoms with Crippen LogP contribution in [0.15, 0.2) is 24.3 Å². The van der Waals surface area contributed by atoms with Gasteiger partial charge in [0, 0.05) is 24.9 Å². The fourth-order valence-electron chi connectivity index (χ4n) is 6.90. The molecule has 0 atom stereocenters. The number of aryl methyl sites for hydroxylation is 1. The highest BCUT2D eigenvalue weighted by molar-refractivity contribution is 5.79. The number of hydrogen-bond acceptors (Lipinski definition) is 3. The molecule has 1 heterocycles. The number of likely N-dealkylation sites (tertiary alicyclic amines) is 1. The minimum absolute atomic E-state index is 0.0872. The molecule has 0 radical (unpaired) electrons. The lowest BCUT2D eigenvalue weighted by Gasteiger charge is -2.63. The van der Waals surface area contributed by atoms with Gasteiger partial charge in [-0.05, 0) is 67.4 Å². The van der Waals surface area contributed by atoms with E-state index in [2.05, 4.69) is 31.2 Å². The summed E-state index contributed by atoms with van der Waals surface area (Å²) in [5, 5.41) is 20.2. The summed E-state index contributed by atoms with van der Waals surface area (Å²) in [6, 6.07) is 8.61. The van der Waals surface area contributed by atoms with Gasteiger partial charge < -0.3 is 15.1 Å². The predicted octanol–water partition coefficient (Wildman–Crippen LogP) is 2.25. The van der Waals surface area contributed by atoms with Gasteiger partial charge in [0.05, 0.1) is 12.2 Å². The van der Waals surface area contributed by atoms with Gasteiger partial charge in [0.1, 0.15) is 0 Å². The summed E-state index contributed by atoms with van der Waals surface area (Å²) >= 11 is 0. The second-order valence-electron chi connectivity index (χ2n) is 9.33. The fraction of sp³-hybridized carbons (Fsp3) is 0.682. The Kier molecular flexibility index (Phi) is 3.74. The van der Waals surface area contributed by atoms with Crippen molar-refractivity contribution < 1.29 is 15.0 Å². The third-order valence-electron chi connectivity index (χ3n) is 8.08. The monoisotopic (exact) mass is 355 g/mol. The number of carbonyl (C=O) groups is 1. The van der Waals surface area contributed by atoms with Crippen LogP contribution in [0.4, 0.5) is 0 Å². The van der Waals surface area contributed by atoms with E-state index in [0.29, 0.717) is 43.2 Å². The van der Waals surface area contributed by atoms with E-state index in [0.717, 1.165) is 25.7 Å². The smallest absolute Gasteiger partial charge is 0.223 e. The molecule has 0 spiro atoms. The number of carbonyl (C=O) groups excluding carboxylic acids is 1. The van der Waals surface area contributed by atoms with Gasteiger partial charge in [-0.25, -0.2) is 0 Å². The minimum atomic E-state index is -0.345. The minimum Gasteiger partial charge on any atom is -0.393 e. The van der Waals surface area contributed by atoms with Crippen LogP contribution in [0.2, 0.25) is 0 Å². The molecule has 4 heteroatoms. The Bertz CT molecular complexity index is 694. The van der Waals surface area contributed by atoms with Crippen LogP contribution in [0, 0.1) is 30.6 Å². The van der Waals surface area contributed by atoms with Crippen LogP contribution in [0.5, 0.6) is 0 Å². The maximum absolute atomic E-state index is 13.1. The van der Waals surface area contributed by atoms with E-state index in [9.17, 15) is 15.0 Å². The van der Waals surface area contributed by atoms with Crippen LogP contribution >= 0.6 is 0 Å². The summed E-state index contributed by atoms with van der Waals surface area (Å²) < 4.78 is 0. The number of aliphatic hydroxyl groups is 2. The Hall–Kier alpha value is -1.39. The van der Waals surface area contributed by atoms with Gasteiger partial charge in [-0.3, -0.25) is 4.79 Å². The fourth-order valence-corrected chi connectivity index (χ4v) is 6.90. The summed E-state index contributed by atoms with van der Waals surface area (Å²) in [4.78, 5) is 14.9. The van der Waals surface area contributed by atoms with Crippen LogP contribution in [-0.4, -0.2) is 46.3 Å². The molecule has 0 unspecified atom stereocenters. The van der Waals surface area contributed by atoms with Gasteiger partial charge in [-0.15, -0.1) is 0 Å². The molecular formula is C22H29NO3. The Morgan fingerprint density at radius 3 is 2.19 bits per heavy atom. The SMILES string of the molecule is Cc1ccccc1C1(CC(=O)N2CC(O)C2)C2CC3CC1CC(C2)C3O. The third-order valence-corrected chi connectivity index (χ3v) is 8.08. The van der Waals surface area contributed by atoms with Crippen molar-refractivity contribution in [2.45, 2.75) is 56.7 Å². The summed E-state index contributed by atoms with van der Waals surface area (Å²) in [6.07, 6.45) is 4.31. The van der Waals surface area contributed by atoms with Gasteiger partial charge in [0.2, 0.25) is 5.91 Å². The van der Waals surface area contributed by atoms with Crippen molar-refractivity contribution in [1.82, 2.24) is 4.90 Å². The second kappa shape index (κ2) is 5.80. The zero-order valence-electron chi connectivity index (χ0n) is 15.5. The summed E-state index contributed by atoms with van der Waals surface area (Å²) in [7, 11) is 0. The van der Waals surface area contributed by atoms with Crippen molar-refractivity contribution in [3.05, 3.63) is 35.4 Å². The van der Waals surface area contributed by atoms with E-state index >= 15 is 0 Å². The van der Waals surface area contributed by atoms with E-state index in [1.807, 2.05) is 4.90 Å². The van der Waals surface area contributed by atoms with Crippen LogP contribution in [0.3, 0.4) is 0 Å². The Morgan fingerprint density at radius 2 is 1.65 bits per heavy atom. The molecule has 4 bridgehead atoms. The maximum Gasteiger partial charge on any atom is 0.223 e. The van der Waals surface area contributed by atoms with E-state index in [1.165, 1.54) is 11.1 Å². The van der Waals surface area contributed by atoms with Crippen molar-refractivity contribution in [1.29, 1.82) is 0 Å². The molecule has 6 rings (SSSR count). The molecule has 4 nitrogen and oxygen atoms in total. The van der Waals surface area contributed by atoms with Crippen molar-refractivity contribution in [2.75, 3.05) is 13.1 Å². The zero-order valence-corrected chi connectivity index (χ0v) is 15.5. The molecule has 26 heavy (non-hydrogen) atoms. The first-order valence-electron chi connectivity index (χ1n) is 10.2. The lowest BCUT2D eigenvalue weighted by atomic mass is 9.42. The molecule has 1 aromatic carbocycles. The van der Waals surface area contributed by atoms with Crippen molar-refractivity contribution in [2.24, 2.45) is 23.7 Å². The Labute approximate surface area is 155 Å². The van der Waals surface area contributed by atoms with E-state index in [4.69, 9.17) is 0 Å². The number of β-amino-alcohol motifs (C(OH)–C–C–N with tert-alkyl or cyclic N) is 1. The van der Waals surface area contributed by atoms with Crippen LogP contribution in [-0.2, 0) is 10.2 Å². The predicted molar refractivity (Wildman–Crippen MR) is 98.5 cm³/mol. The molecule has 1 saturated heterocycles. The quantitative estimate of drug-likeness (QED) is 0.874. The van der Waals surface area contributed by atoms with Gasteiger partial charge in [0.25, 0.3) is 0 Å². The highest BCUT2D eigenvalue weighted by Gasteiger charge is 2.61. The average Bonchev–Trinajstić information content (AvgIpc) is 2.57. The maximum atomic E-state index is 13.1. The summed E-state index contributed by atoms with van der Waals surface area (Å²) in [5.41, 5.74) is 2.56. The molecule has 5 fully saturated rings. The standard InChI is InChI=1S/C22H29NO3/c1-13-4-2-3-5-19(13)22(10-20(25)23-11-18(24)12-23)16-6-14-7-17(22)9-15(8-16)21(14)26/h2-5,14-18,21,24,26H,6-12H2,1H3. The molecule has 4 saturated carbocycles. The molecule has 1 amide bonds. The first-order chi connectivity index (χ1) is 12.5. The molecule has 1 aliphatic heterocycles. The zero-order chi connectivity index (χ0) is 18.1. The summed E-state index contributed by atoms with van der Waals surface area (Å²) in [5.74, 6) is 2.03. The first-order valence-corrected chi connectivity index (χ1v) is 10.2. The first kappa shape index (κ1) is 16.8. The molecule has 0 aromatic heterocycles. The van der Waals surface area contributed by atoms with Crippen molar-refractivity contribution in [3.63, 3.8) is 0 Å². The molecule has 1 aromatic rings. The normalized spacial score (nSPS) is 41.3. The molecule has 5 aliphatic rings. The number of rotatable bonds is 3. The van der Waals surface area contributed by atoms with Crippen LogP contribution in [0.25, 0.3) is 0 Å². The number of hydrogen-bond donors (Lipinski definition) is 2. The highest BCUT2D eigenvalue weighted by Crippen LogP contribution is 2.64. The van der Waals surface area contributed by atoms with Crippen LogP contribution < -0.4 is 0 Å². The Morgan fingerprint density at radius 1 is 1.08 bits per heavy atom. The number of aliphatic hydroxyl groups excluding tert-OH is 2. The van der Waals surface area contributed by atoms with Crippen molar-refractivity contribution >= 4 is 5.91 Å². The molecule has 4 aliphatic carbocycles. The molecular weight excluding hydrogens is 326 g/mol. The Balaban J connectivity index is 1.54. The topological polar surface area (TPSA) is 60.8 Å². The number of nitrogens with zero attached hydrogens (tertiary/aromatic N) is 1. The second-order valence-corrected chi connectivity index (χ2v) is 9.33. The average molecular weight is 355 g/mol. The highest BCUT2D eigenvalue weighted by atomic mass is 16.3. The molecule has 140 valence electrons. The lowest BCUT2D eigenvalue weighted by molar-refractivity contribution is -0.158. The van der Waals surface area contributed by atoms with Crippen molar-refractivity contribution in [3.8, 4) is 0 Å². The van der Waals surface area contributed by atoms with Gasteiger partial charge in [-0.2, -0.15) is 0 Å². The van der Waals surface area contributed by atoms with Gasteiger partial charge in [0.15, 0.2) is 0 Å². The van der Waals surface area contributed by atoms with Crippen LogP contribution in [0.1, 0.15) is 43.2 Å². The third kappa shape index (κ3) is 2.24. The van der Waals surface area contributed by atoms with Gasteiger partial charge >= 0.3 is 0 Å². The van der Waals surface area contributed by atoms with Gasteiger partial charge in [-0.1, -0.05) is 24.3 Å². The number of benzene rings is 1. The number of amides is 1. The van der Waals surface area contributed by atoms with E-state index in [-0.39, 0.29) is 23.5 Å². The summed E-state index contributed by atoms with van der Waals surface area (Å²) in [6.45, 7) is 3.15. The largest absolute Gasteiger partial charge is 0.393 e. The van der Waals surface area contributed by atoms with E-state index in [1.54, 1.807) is 0 Å². The molecule has 2 N–H and O–H groups in total. The van der Waals surface area contributed by atoms with E-state index < -0.39 is 0 Å². The lowest BCUT2D eigenvalue weighted by Crippen LogP contribution is -2.62.